The Morgan fingerprint density at radius 1 is 1.28 bits per heavy atom. The van der Waals surface area contributed by atoms with E-state index in [2.05, 4.69) is 27.0 Å². The Balaban J connectivity index is 1.69. The van der Waals surface area contributed by atoms with Crippen molar-refractivity contribution < 1.29 is 0 Å². The molecule has 3 N–H and O–H groups in total. The second-order valence-corrected chi connectivity index (χ2v) is 5.75. The molecule has 0 radical (unpaired) electrons. The fourth-order valence-corrected chi connectivity index (χ4v) is 3.05. The fourth-order valence-electron chi connectivity index (χ4n) is 3.05. The summed E-state index contributed by atoms with van der Waals surface area (Å²) in [6.45, 7) is 3.26. The van der Waals surface area contributed by atoms with Gasteiger partial charge in [0, 0.05) is 25.0 Å². The molecule has 1 aromatic heterocycles. The van der Waals surface area contributed by atoms with Crippen LogP contribution in [-0.4, -0.2) is 26.8 Å². The highest BCUT2D eigenvalue weighted by Crippen LogP contribution is 2.23. The number of rotatable bonds is 3. The van der Waals surface area contributed by atoms with Crippen LogP contribution < -0.4 is 11.1 Å². The van der Waals surface area contributed by atoms with E-state index in [0.29, 0.717) is 12.1 Å². The lowest BCUT2D eigenvalue weighted by atomic mass is 9.87. The Labute approximate surface area is 108 Å². The first-order valence-electron chi connectivity index (χ1n) is 7.17. The van der Waals surface area contributed by atoms with Crippen LogP contribution in [0.2, 0.25) is 0 Å². The second kappa shape index (κ2) is 4.97. The van der Waals surface area contributed by atoms with Gasteiger partial charge >= 0.3 is 0 Å². The first-order chi connectivity index (χ1) is 8.74. The molecule has 1 unspecified atom stereocenters. The van der Waals surface area contributed by atoms with Gasteiger partial charge < -0.3 is 15.6 Å². The van der Waals surface area contributed by atoms with E-state index in [1.807, 2.05) is 0 Å². The standard InChI is InChI=1S/C13H23N5/c1-9(15-11-7-10(14)8-11)13-17-16-12-5-3-2-4-6-18(12)13/h9-11,15H,2-8,14H2,1H3. The number of hydrogen-bond acceptors (Lipinski definition) is 4. The van der Waals surface area contributed by atoms with Crippen molar-refractivity contribution >= 4 is 0 Å². The quantitative estimate of drug-likeness (QED) is 0.843. The maximum absolute atomic E-state index is 5.82. The molecule has 100 valence electrons. The summed E-state index contributed by atoms with van der Waals surface area (Å²) in [6, 6.07) is 1.24. The van der Waals surface area contributed by atoms with Gasteiger partial charge in [0.05, 0.1) is 6.04 Å². The third kappa shape index (κ3) is 2.29. The normalized spacial score (nSPS) is 29.2. The van der Waals surface area contributed by atoms with Crippen molar-refractivity contribution in [1.82, 2.24) is 20.1 Å². The molecule has 0 amide bonds. The summed E-state index contributed by atoms with van der Waals surface area (Å²) in [6.07, 6.45) is 7.06. The average molecular weight is 249 g/mol. The molecule has 1 aliphatic heterocycles. The Bertz CT molecular complexity index is 408. The van der Waals surface area contributed by atoms with Crippen molar-refractivity contribution in [2.75, 3.05) is 0 Å². The molecule has 1 saturated carbocycles. The van der Waals surface area contributed by atoms with Gasteiger partial charge in [-0.3, -0.25) is 0 Å². The average Bonchev–Trinajstić information content (AvgIpc) is 2.57. The molecule has 0 spiro atoms. The van der Waals surface area contributed by atoms with Gasteiger partial charge in [0.15, 0.2) is 0 Å². The van der Waals surface area contributed by atoms with Crippen LogP contribution in [0.15, 0.2) is 0 Å². The van der Waals surface area contributed by atoms with E-state index in [-0.39, 0.29) is 6.04 Å². The summed E-state index contributed by atoms with van der Waals surface area (Å²) in [5, 5.41) is 12.4. The summed E-state index contributed by atoms with van der Waals surface area (Å²) in [5.74, 6) is 2.27. The van der Waals surface area contributed by atoms with Crippen LogP contribution in [0.4, 0.5) is 0 Å². The summed E-state index contributed by atoms with van der Waals surface area (Å²) in [4.78, 5) is 0. The highest BCUT2D eigenvalue weighted by Gasteiger charge is 2.28. The summed E-state index contributed by atoms with van der Waals surface area (Å²) >= 11 is 0. The van der Waals surface area contributed by atoms with Crippen molar-refractivity contribution in [3.8, 4) is 0 Å². The monoisotopic (exact) mass is 249 g/mol. The van der Waals surface area contributed by atoms with Crippen LogP contribution in [0.25, 0.3) is 0 Å². The summed E-state index contributed by atoms with van der Waals surface area (Å²) < 4.78 is 2.32. The number of hydrogen-bond donors (Lipinski definition) is 2. The molecular formula is C13H23N5. The van der Waals surface area contributed by atoms with E-state index in [4.69, 9.17) is 5.73 Å². The molecule has 5 nitrogen and oxygen atoms in total. The number of nitrogens with zero attached hydrogens (tertiary/aromatic N) is 3. The minimum Gasteiger partial charge on any atom is -0.328 e. The summed E-state index contributed by atoms with van der Waals surface area (Å²) in [5.41, 5.74) is 5.82. The van der Waals surface area contributed by atoms with Gasteiger partial charge in [0.25, 0.3) is 0 Å². The number of aryl methyl sites for hydroxylation is 1. The Morgan fingerprint density at radius 3 is 2.89 bits per heavy atom. The van der Waals surface area contributed by atoms with Gasteiger partial charge in [0.2, 0.25) is 0 Å². The molecule has 5 heteroatoms. The Morgan fingerprint density at radius 2 is 2.11 bits per heavy atom. The predicted octanol–water partition coefficient (Wildman–Crippen LogP) is 1.14. The zero-order chi connectivity index (χ0) is 12.5. The van der Waals surface area contributed by atoms with Gasteiger partial charge in [-0.1, -0.05) is 6.42 Å². The largest absolute Gasteiger partial charge is 0.328 e. The molecule has 1 fully saturated rings. The Hall–Kier alpha value is -0.940. The van der Waals surface area contributed by atoms with Gasteiger partial charge in [-0.05, 0) is 32.6 Å². The molecule has 1 aromatic rings. The van der Waals surface area contributed by atoms with Gasteiger partial charge in [-0.25, -0.2) is 0 Å². The summed E-state index contributed by atoms with van der Waals surface area (Å²) in [7, 11) is 0. The van der Waals surface area contributed by atoms with Crippen LogP contribution in [-0.2, 0) is 13.0 Å². The highest BCUT2D eigenvalue weighted by atomic mass is 15.3. The van der Waals surface area contributed by atoms with E-state index < -0.39 is 0 Å². The minimum absolute atomic E-state index is 0.279. The molecule has 2 aliphatic rings. The maximum Gasteiger partial charge on any atom is 0.149 e. The van der Waals surface area contributed by atoms with Gasteiger partial charge in [-0.15, -0.1) is 10.2 Å². The van der Waals surface area contributed by atoms with E-state index in [9.17, 15) is 0 Å². The number of aromatic nitrogens is 3. The van der Waals surface area contributed by atoms with Crippen LogP contribution in [0.5, 0.6) is 0 Å². The third-order valence-corrected chi connectivity index (χ3v) is 4.19. The molecule has 1 atom stereocenters. The van der Waals surface area contributed by atoms with E-state index >= 15 is 0 Å². The zero-order valence-electron chi connectivity index (χ0n) is 11.1. The van der Waals surface area contributed by atoms with Crippen LogP contribution in [0.1, 0.15) is 56.7 Å². The van der Waals surface area contributed by atoms with Crippen molar-refractivity contribution in [1.29, 1.82) is 0 Å². The molecule has 1 aliphatic carbocycles. The molecule has 0 aromatic carbocycles. The van der Waals surface area contributed by atoms with Crippen molar-refractivity contribution in [3.63, 3.8) is 0 Å². The van der Waals surface area contributed by atoms with Crippen molar-refractivity contribution in [2.45, 2.75) is 70.1 Å². The van der Waals surface area contributed by atoms with E-state index in [1.165, 1.54) is 25.1 Å². The molecule has 18 heavy (non-hydrogen) atoms. The van der Waals surface area contributed by atoms with Gasteiger partial charge in [0.1, 0.15) is 11.6 Å². The zero-order valence-corrected chi connectivity index (χ0v) is 11.1. The van der Waals surface area contributed by atoms with Crippen molar-refractivity contribution in [2.24, 2.45) is 5.73 Å². The lowest BCUT2D eigenvalue weighted by Gasteiger charge is -2.35. The number of nitrogens with one attached hydrogen (secondary N) is 1. The SMILES string of the molecule is CC(NC1CC(N)C1)c1nnc2n1CCCCC2. The lowest BCUT2D eigenvalue weighted by Crippen LogP contribution is -2.49. The Kier molecular flexibility index (Phi) is 3.35. The topological polar surface area (TPSA) is 68.8 Å². The van der Waals surface area contributed by atoms with Crippen LogP contribution in [0.3, 0.4) is 0 Å². The lowest BCUT2D eigenvalue weighted by molar-refractivity contribution is 0.266. The number of nitrogens with two attached hydrogens (primary N) is 1. The molecular weight excluding hydrogens is 226 g/mol. The van der Waals surface area contributed by atoms with Crippen molar-refractivity contribution in [3.05, 3.63) is 11.6 Å². The predicted molar refractivity (Wildman–Crippen MR) is 70.1 cm³/mol. The fraction of sp³-hybridized carbons (Fsp3) is 0.846. The van der Waals surface area contributed by atoms with Crippen LogP contribution in [0, 0.1) is 0 Å². The molecule has 2 heterocycles. The maximum atomic E-state index is 5.82. The molecule has 0 bridgehead atoms. The minimum atomic E-state index is 0.279. The van der Waals surface area contributed by atoms with E-state index in [0.717, 1.165) is 31.6 Å². The first-order valence-corrected chi connectivity index (χ1v) is 7.17. The number of fused-ring (bicyclic) bond motifs is 1. The smallest absolute Gasteiger partial charge is 0.149 e. The third-order valence-electron chi connectivity index (χ3n) is 4.19. The second-order valence-electron chi connectivity index (χ2n) is 5.75. The molecule has 0 saturated heterocycles. The van der Waals surface area contributed by atoms with Gasteiger partial charge in [-0.2, -0.15) is 0 Å². The highest BCUT2D eigenvalue weighted by molar-refractivity contribution is 5.03. The van der Waals surface area contributed by atoms with Crippen LogP contribution >= 0.6 is 0 Å². The first kappa shape index (κ1) is 12.1. The molecule has 3 rings (SSSR count). The van der Waals surface area contributed by atoms with E-state index in [1.54, 1.807) is 0 Å².